The maximum atomic E-state index is 11.9. The molecule has 142 valence electrons. The van der Waals surface area contributed by atoms with Gasteiger partial charge in [-0.1, -0.05) is 30.3 Å². The number of nitrogens with two attached hydrogens (primary N) is 1. The van der Waals surface area contributed by atoms with Gasteiger partial charge in [0, 0.05) is 25.0 Å². The predicted molar refractivity (Wildman–Crippen MR) is 106 cm³/mol. The van der Waals surface area contributed by atoms with Crippen molar-refractivity contribution >= 4 is 29.1 Å². The summed E-state index contributed by atoms with van der Waals surface area (Å²) in [5, 5.41) is 9.11. The number of benzene rings is 1. The van der Waals surface area contributed by atoms with E-state index in [1.807, 2.05) is 37.2 Å². The van der Waals surface area contributed by atoms with Gasteiger partial charge in [-0.15, -0.1) is 0 Å². The molecule has 1 amide bonds. The SMILES string of the molecule is C/C=C1\c2ccccc2CN1Nc1nc(Nc2cnn(C)c2)ncc1C(N)=O. The first-order chi connectivity index (χ1) is 13.5. The molecule has 1 aromatic carbocycles. The van der Waals surface area contributed by atoms with Crippen LogP contribution in [0.15, 0.2) is 48.9 Å². The van der Waals surface area contributed by atoms with E-state index >= 15 is 0 Å². The fourth-order valence-electron chi connectivity index (χ4n) is 3.17. The number of primary amides is 1. The second kappa shape index (κ2) is 7.03. The molecule has 2 aromatic heterocycles. The van der Waals surface area contributed by atoms with Gasteiger partial charge < -0.3 is 11.1 Å². The van der Waals surface area contributed by atoms with E-state index in [9.17, 15) is 4.79 Å². The summed E-state index contributed by atoms with van der Waals surface area (Å²) in [5.74, 6) is 0.0643. The molecule has 0 spiro atoms. The molecular formula is C19H20N8O. The van der Waals surface area contributed by atoms with Gasteiger partial charge in [-0.05, 0) is 12.5 Å². The lowest BCUT2D eigenvalue weighted by Crippen LogP contribution is -2.26. The maximum absolute atomic E-state index is 11.9. The van der Waals surface area contributed by atoms with E-state index in [2.05, 4.69) is 37.9 Å². The largest absolute Gasteiger partial charge is 0.365 e. The van der Waals surface area contributed by atoms with Gasteiger partial charge in [-0.2, -0.15) is 10.1 Å². The third kappa shape index (κ3) is 3.25. The van der Waals surface area contributed by atoms with Crippen LogP contribution in [-0.4, -0.2) is 30.7 Å². The van der Waals surface area contributed by atoms with Gasteiger partial charge in [-0.3, -0.25) is 19.9 Å². The molecule has 4 N–H and O–H groups in total. The zero-order chi connectivity index (χ0) is 19.7. The minimum atomic E-state index is -0.603. The van der Waals surface area contributed by atoms with E-state index in [0.29, 0.717) is 18.3 Å². The Bertz CT molecular complexity index is 1070. The monoisotopic (exact) mass is 376 g/mol. The molecule has 0 radical (unpaired) electrons. The molecule has 0 aliphatic carbocycles. The fraction of sp³-hybridized carbons (Fsp3) is 0.158. The van der Waals surface area contributed by atoms with Gasteiger partial charge in [0.15, 0.2) is 5.82 Å². The molecule has 0 saturated heterocycles. The molecule has 4 rings (SSSR count). The summed E-state index contributed by atoms with van der Waals surface area (Å²) in [6.07, 6.45) is 6.88. The first kappa shape index (κ1) is 17.5. The predicted octanol–water partition coefficient (Wildman–Crippen LogP) is 2.26. The number of carbonyl (C=O) groups excluding carboxylic acids is 1. The number of aryl methyl sites for hydroxylation is 1. The summed E-state index contributed by atoms with van der Waals surface area (Å²) < 4.78 is 1.67. The lowest BCUT2D eigenvalue weighted by atomic mass is 10.1. The summed E-state index contributed by atoms with van der Waals surface area (Å²) in [7, 11) is 1.82. The highest BCUT2D eigenvalue weighted by Gasteiger charge is 2.24. The highest BCUT2D eigenvalue weighted by Crippen LogP contribution is 2.33. The average Bonchev–Trinajstić information content (AvgIpc) is 3.24. The topological polar surface area (TPSA) is 114 Å². The standard InChI is InChI=1S/C19H20N8O/c1-3-16-14-7-5-4-6-12(14)10-27(16)25-18-15(17(20)28)9-21-19(24-18)23-13-8-22-26(2)11-13/h3-9,11H,10H2,1-2H3,(H2,20,28)(H2,21,23,24,25)/b16-3+. The Labute approximate surface area is 161 Å². The van der Waals surface area contributed by atoms with Crippen molar-refractivity contribution in [1.29, 1.82) is 0 Å². The number of hydrogen-bond acceptors (Lipinski definition) is 7. The molecule has 0 bridgehead atoms. The number of amides is 1. The maximum Gasteiger partial charge on any atom is 0.254 e. The lowest BCUT2D eigenvalue weighted by molar-refractivity contribution is 0.1000. The van der Waals surface area contributed by atoms with Gasteiger partial charge in [0.1, 0.15) is 5.56 Å². The van der Waals surface area contributed by atoms with Crippen molar-refractivity contribution in [3.63, 3.8) is 0 Å². The van der Waals surface area contributed by atoms with Crippen LogP contribution in [0.5, 0.6) is 0 Å². The van der Waals surface area contributed by atoms with Crippen LogP contribution >= 0.6 is 0 Å². The molecule has 0 saturated carbocycles. The van der Waals surface area contributed by atoms with Crippen molar-refractivity contribution in [3.05, 3.63) is 65.6 Å². The van der Waals surface area contributed by atoms with Crippen molar-refractivity contribution in [2.45, 2.75) is 13.5 Å². The van der Waals surface area contributed by atoms with E-state index in [-0.39, 0.29) is 5.56 Å². The molecule has 3 heterocycles. The van der Waals surface area contributed by atoms with Crippen LogP contribution in [0.2, 0.25) is 0 Å². The number of carbonyl (C=O) groups is 1. The second-order valence-electron chi connectivity index (χ2n) is 6.38. The quantitative estimate of drug-likeness (QED) is 0.626. The van der Waals surface area contributed by atoms with Crippen LogP contribution in [-0.2, 0) is 13.6 Å². The fourth-order valence-corrected chi connectivity index (χ4v) is 3.17. The Hall–Kier alpha value is -3.88. The summed E-state index contributed by atoms with van der Waals surface area (Å²) in [5.41, 5.74) is 13.0. The molecule has 1 aliphatic rings. The smallest absolute Gasteiger partial charge is 0.254 e. The van der Waals surface area contributed by atoms with Gasteiger partial charge in [-0.25, -0.2) is 4.98 Å². The van der Waals surface area contributed by atoms with Crippen molar-refractivity contribution in [3.8, 4) is 0 Å². The van der Waals surface area contributed by atoms with Crippen LogP contribution in [0.25, 0.3) is 5.70 Å². The number of hydrogen-bond donors (Lipinski definition) is 3. The molecule has 1 aliphatic heterocycles. The van der Waals surface area contributed by atoms with E-state index in [0.717, 1.165) is 16.9 Å². The summed E-state index contributed by atoms with van der Waals surface area (Å²) in [6, 6.07) is 8.15. The van der Waals surface area contributed by atoms with E-state index in [1.165, 1.54) is 11.8 Å². The third-order valence-corrected chi connectivity index (χ3v) is 4.44. The normalized spacial score (nSPS) is 14.2. The van der Waals surface area contributed by atoms with Gasteiger partial charge >= 0.3 is 0 Å². The lowest BCUT2D eigenvalue weighted by Gasteiger charge is -2.23. The Balaban J connectivity index is 1.64. The zero-order valence-corrected chi connectivity index (χ0v) is 15.5. The Morgan fingerprint density at radius 3 is 2.82 bits per heavy atom. The van der Waals surface area contributed by atoms with Crippen molar-refractivity contribution in [1.82, 2.24) is 24.8 Å². The first-order valence-corrected chi connectivity index (χ1v) is 8.76. The second-order valence-corrected chi connectivity index (χ2v) is 6.38. The van der Waals surface area contributed by atoms with Crippen LogP contribution in [0.3, 0.4) is 0 Å². The molecule has 0 fully saturated rings. The molecule has 0 unspecified atom stereocenters. The number of aromatic nitrogens is 4. The van der Waals surface area contributed by atoms with Crippen LogP contribution < -0.4 is 16.5 Å². The number of anilines is 3. The van der Waals surface area contributed by atoms with E-state index in [4.69, 9.17) is 5.73 Å². The number of nitrogens with zero attached hydrogens (tertiary/aromatic N) is 5. The minimum absolute atomic E-state index is 0.211. The Morgan fingerprint density at radius 1 is 1.29 bits per heavy atom. The van der Waals surface area contributed by atoms with Gasteiger partial charge in [0.2, 0.25) is 5.95 Å². The van der Waals surface area contributed by atoms with E-state index < -0.39 is 5.91 Å². The third-order valence-electron chi connectivity index (χ3n) is 4.44. The minimum Gasteiger partial charge on any atom is -0.365 e. The molecule has 3 aromatic rings. The van der Waals surface area contributed by atoms with Crippen LogP contribution in [0.1, 0.15) is 28.4 Å². The Kier molecular flexibility index (Phi) is 4.40. The Morgan fingerprint density at radius 2 is 2.11 bits per heavy atom. The first-order valence-electron chi connectivity index (χ1n) is 8.76. The number of allylic oxidation sites excluding steroid dienone is 1. The van der Waals surface area contributed by atoms with Crippen molar-refractivity contribution in [2.24, 2.45) is 12.8 Å². The van der Waals surface area contributed by atoms with Crippen molar-refractivity contribution < 1.29 is 4.79 Å². The molecular weight excluding hydrogens is 356 g/mol. The number of rotatable bonds is 5. The number of nitrogens with one attached hydrogen (secondary N) is 2. The van der Waals surface area contributed by atoms with E-state index in [1.54, 1.807) is 17.1 Å². The number of fused-ring (bicyclic) bond motifs is 1. The number of hydrazine groups is 1. The van der Waals surface area contributed by atoms with Crippen molar-refractivity contribution in [2.75, 3.05) is 10.7 Å². The average molecular weight is 376 g/mol. The molecule has 9 nitrogen and oxygen atoms in total. The summed E-state index contributed by atoms with van der Waals surface area (Å²) in [4.78, 5) is 20.5. The molecule has 28 heavy (non-hydrogen) atoms. The summed E-state index contributed by atoms with van der Waals surface area (Å²) in [6.45, 7) is 2.61. The highest BCUT2D eigenvalue weighted by molar-refractivity contribution is 5.97. The summed E-state index contributed by atoms with van der Waals surface area (Å²) >= 11 is 0. The van der Waals surface area contributed by atoms with Gasteiger partial charge in [0.05, 0.1) is 24.1 Å². The van der Waals surface area contributed by atoms with Crippen LogP contribution in [0.4, 0.5) is 17.5 Å². The van der Waals surface area contributed by atoms with Crippen LogP contribution in [0, 0.1) is 0 Å². The highest BCUT2D eigenvalue weighted by atomic mass is 16.1. The molecule has 9 heteroatoms. The molecule has 0 atom stereocenters. The van der Waals surface area contributed by atoms with Gasteiger partial charge in [0.25, 0.3) is 5.91 Å². The zero-order valence-electron chi connectivity index (χ0n) is 15.5.